The molecule has 0 heterocycles. The molecule has 0 fully saturated rings. The molecule has 0 aromatic heterocycles. The Morgan fingerprint density at radius 2 is 2.04 bits per heavy atom. The second-order valence-corrected chi connectivity index (χ2v) is 6.09. The standard InChI is InChI=1S/C19H19ClN2O3/c1-3-13(2)15-6-4-5-7-17(15)21-19(23)11-9-14-8-10-16(20)18(12-14)22(24)25/h4-13H,3H2,1-2H3,(H,21,23)/b11-9+/t13-/m1/s1. The molecule has 2 rings (SSSR count). The molecule has 25 heavy (non-hydrogen) atoms. The average Bonchev–Trinajstić information content (AvgIpc) is 2.60. The van der Waals surface area contributed by atoms with E-state index >= 15 is 0 Å². The van der Waals surface area contributed by atoms with E-state index in [9.17, 15) is 14.9 Å². The maximum atomic E-state index is 12.2. The van der Waals surface area contributed by atoms with Gasteiger partial charge >= 0.3 is 0 Å². The van der Waals surface area contributed by atoms with Crippen LogP contribution in [-0.2, 0) is 4.79 Å². The molecule has 1 N–H and O–H groups in total. The van der Waals surface area contributed by atoms with E-state index in [0.717, 1.165) is 17.7 Å². The molecule has 0 radical (unpaired) electrons. The maximum absolute atomic E-state index is 12.2. The van der Waals surface area contributed by atoms with Crippen molar-refractivity contribution in [2.45, 2.75) is 26.2 Å². The summed E-state index contributed by atoms with van der Waals surface area (Å²) >= 11 is 5.78. The van der Waals surface area contributed by atoms with Gasteiger partial charge in [-0.25, -0.2) is 0 Å². The van der Waals surface area contributed by atoms with Crippen LogP contribution in [0.15, 0.2) is 48.5 Å². The summed E-state index contributed by atoms with van der Waals surface area (Å²) in [6.45, 7) is 4.20. The third-order valence-electron chi connectivity index (χ3n) is 3.96. The zero-order chi connectivity index (χ0) is 18.4. The van der Waals surface area contributed by atoms with Crippen molar-refractivity contribution in [3.63, 3.8) is 0 Å². The minimum Gasteiger partial charge on any atom is -0.322 e. The number of halogens is 1. The molecular weight excluding hydrogens is 340 g/mol. The number of amides is 1. The van der Waals surface area contributed by atoms with Gasteiger partial charge in [-0.05, 0) is 41.7 Å². The van der Waals surface area contributed by atoms with Gasteiger partial charge < -0.3 is 5.32 Å². The molecule has 1 amide bonds. The fourth-order valence-corrected chi connectivity index (χ4v) is 2.57. The molecule has 0 aliphatic rings. The third kappa shape index (κ3) is 4.90. The van der Waals surface area contributed by atoms with E-state index in [1.807, 2.05) is 24.3 Å². The fraction of sp³-hybridized carbons (Fsp3) is 0.211. The molecule has 130 valence electrons. The van der Waals surface area contributed by atoms with Gasteiger partial charge in [-0.15, -0.1) is 0 Å². The predicted molar refractivity (Wildman–Crippen MR) is 101 cm³/mol. The molecule has 0 saturated heterocycles. The SMILES string of the molecule is CC[C@@H](C)c1ccccc1NC(=O)/C=C/c1ccc(Cl)c([N+](=O)[O-])c1. The second-order valence-electron chi connectivity index (χ2n) is 5.69. The summed E-state index contributed by atoms with van der Waals surface area (Å²) in [5.41, 5.74) is 2.19. The van der Waals surface area contributed by atoms with Gasteiger partial charge in [0.25, 0.3) is 5.69 Å². The zero-order valence-electron chi connectivity index (χ0n) is 14.0. The highest BCUT2D eigenvalue weighted by Gasteiger charge is 2.12. The fourth-order valence-electron chi connectivity index (χ4n) is 2.38. The lowest BCUT2D eigenvalue weighted by molar-refractivity contribution is -0.384. The van der Waals surface area contributed by atoms with Gasteiger partial charge in [-0.1, -0.05) is 49.7 Å². The van der Waals surface area contributed by atoms with Gasteiger partial charge in [0.15, 0.2) is 0 Å². The number of nitrogens with zero attached hydrogens (tertiary/aromatic N) is 1. The number of benzene rings is 2. The molecule has 0 bridgehead atoms. The van der Waals surface area contributed by atoms with E-state index < -0.39 is 4.92 Å². The normalized spacial score (nSPS) is 12.1. The van der Waals surface area contributed by atoms with Gasteiger partial charge in [0.05, 0.1) is 4.92 Å². The molecule has 0 unspecified atom stereocenters. The van der Waals surface area contributed by atoms with Gasteiger partial charge in [-0.2, -0.15) is 0 Å². The van der Waals surface area contributed by atoms with E-state index in [-0.39, 0.29) is 16.6 Å². The summed E-state index contributed by atoms with van der Waals surface area (Å²) in [6, 6.07) is 12.1. The van der Waals surface area contributed by atoms with Crippen LogP contribution in [0, 0.1) is 10.1 Å². The third-order valence-corrected chi connectivity index (χ3v) is 4.28. The molecule has 0 spiro atoms. The van der Waals surface area contributed by atoms with Crippen LogP contribution in [0.2, 0.25) is 5.02 Å². The average molecular weight is 359 g/mol. The Hall–Kier alpha value is -2.66. The van der Waals surface area contributed by atoms with Crippen molar-refractivity contribution in [2.24, 2.45) is 0 Å². The second kappa shape index (κ2) is 8.44. The predicted octanol–water partition coefficient (Wildman–Crippen LogP) is 5.41. The number of rotatable bonds is 6. The van der Waals surface area contributed by atoms with Crippen LogP contribution >= 0.6 is 11.6 Å². The van der Waals surface area contributed by atoms with Crippen molar-refractivity contribution in [3.8, 4) is 0 Å². The van der Waals surface area contributed by atoms with Gasteiger partial charge in [0, 0.05) is 17.8 Å². The number of nitro groups is 1. The van der Waals surface area contributed by atoms with Crippen LogP contribution in [0.5, 0.6) is 0 Å². The summed E-state index contributed by atoms with van der Waals surface area (Å²) in [7, 11) is 0. The highest BCUT2D eigenvalue weighted by molar-refractivity contribution is 6.32. The van der Waals surface area contributed by atoms with Crippen molar-refractivity contribution in [1.29, 1.82) is 0 Å². The van der Waals surface area contributed by atoms with Crippen LogP contribution in [-0.4, -0.2) is 10.8 Å². The first-order valence-electron chi connectivity index (χ1n) is 7.94. The van der Waals surface area contributed by atoms with E-state index in [4.69, 9.17) is 11.6 Å². The molecule has 0 aliphatic heterocycles. The smallest absolute Gasteiger partial charge is 0.288 e. The Labute approximate surface area is 151 Å². The summed E-state index contributed by atoms with van der Waals surface area (Å²) in [6.07, 6.45) is 3.84. The minimum atomic E-state index is -0.553. The Morgan fingerprint density at radius 3 is 2.72 bits per heavy atom. The van der Waals surface area contributed by atoms with Gasteiger partial charge in [0.2, 0.25) is 5.91 Å². The number of anilines is 1. The summed E-state index contributed by atoms with van der Waals surface area (Å²) in [5, 5.41) is 13.8. The molecule has 2 aromatic rings. The van der Waals surface area contributed by atoms with Crippen molar-refractivity contribution >= 4 is 35.0 Å². The van der Waals surface area contributed by atoms with Crippen LogP contribution in [0.3, 0.4) is 0 Å². The lowest BCUT2D eigenvalue weighted by Crippen LogP contribution is -2.10. The molecular formula is C19H19ClN2O3. The van der Waals surface area contributed by atoms with E-state index in [2.05, 4.69) is 19.2 Å². The van der Waals surface area contributed by atoms with Gasteiger partial charge in [-0.3, -0.25) is 14.9 Å². The number of nitrogens with one attached hydrogen (secondary N) is 1. The molecule has 1 atom stereocenters. The Balaban J connectivity index is 2.15. The number of carbonyl (C=O) groups is 1. The number of nitro benzene ring substituents is 1. The number of hydrogen-bond acceptors (Lipinski definition) is 3. The molecule has 0 saturated carbocycles. The highest BCUT2D eigenvalue weighted by Crippen LogP contribution is 2.27. The largest absolute Gasteiger partial charge is 0.322 e. The minimum absolute atomic E-state index is 0.0640. The zero-order valence-corrected chi connectivity index (χ0v) is 14.8. The van der Waals surface area contributed by atoms with Crippen molar-refractivity contribution in [1.82, 2.24) is 0 Å². The van der Waals surface area contributed by atoms with Crippen LogP contribution in [0.25, 0.3) is 6.08 Å². The van der Waals surface area contributed by atoms with Crippen molar-refractivity contribution in [3.05, 3.63) is 74.8 Å². The van der Waals surface area contributed by atoms with Crippen molar-refractivity contribution in [2.75, 3.05) is 5.32 Å². The number of carbonyl (C=O) groups excluding carboxylic acids is 1. The van der Waals surface area contributed by atoms with Crippen LogP contribution in [0.4, 0.5) is 11.4 Å². The number of para-hydroxylation sites is 1. The van der Waals surface area contributed by atoms with E-state index in [0.29, 0.717) is 11.5 Å². The van der Waals surface area contributed by atoms with E-state index in [1.165, 1.54) is 24.3 Å². The first kappa shape index (κ1) is 18.7. The van der Waals surface area contributed by atoms with Gasteiger partial charge in [0.1, 0.15) is 5.02 Å². The lowest BCUT2D eigenvalue weighted by atomic mass is 9.97. The molecule has 0 aliphatic carbocycles. The molecule has 2 aromatic carbocycles. The van der Waals surface area contributed by atoms with Crippen LogP contribution < -0.4 is 5.32 Å². The Morgan fingerprint density at radius 1 is 1.32 bits per heavy atom. The Kier molecular flexibility index (Phi) is 6.31. The molecule has 5 nitrogen and oxygen atoms in total. The monoisotopic (exact) mass is 358 g/mol. The van der Waals surface area contributed by atoms with Crippen LogP contribution in [0.1, 0.15) is 37.3 Å². The first-order chi connectivity index (χ1) is 11.9. The maximum Gasteiger partial charge on any atom is 0.288 e. The summed E-state index contributed by atoms with van der Waals surface area (Å²) in [5.74, 6) is 0.0350. The first-order valence-corrected chi connectivity index (χ1v) is 8.32. The quantitative estimate of drug-likeness (QED) is 0.426. The molecule has 6 heteroatoms. The summed E-state index contributed by atoms with van der Waals surface area (Å²) < 4.78 is 0. The Bertz CT molecular complexity index is 818. The summed E-state index contributed by atoms with van der Waals surface area (Å²) in [4.78, 5) is 22.5. The van der Waals surface area contributed by atoms with E-state index in [1.54, 1.807) is 6.07 Å². The number of hydrogen-bond donors (Lipinski definition) is 1. The van der Waals surface area contributed by atoms with Crippen molar-refractivity contribution < 1.29 is 9.72 Å². The lowest BCUT2D eigenvalue weighted by Gasteiger charge is -2.14. The topological polar surface area (TPSA) is 72.2 Å². The highest BCUT2D eigenvalue weighted by atomic mass is 35.5.